The van der Waals surface area contributed by atoms with Crippen molar-refractivity contribution in [1.29, 1.82) is 0 Å². The van der Waals surface area contributed by atoms with Crippen LogP contribution in [0.2, 0.25) is 0 Å². The van der Waals surface area contributed by atoms with E-state index in [0.717, 1.165) is 17.6 Å². The number of likely N-dealkylation sites (N-methyl/N-ethyl adjacent to an activating group) is 1. The van der Waals surface area contributed by atoms with Crippen LogP contribution in [-0.4, -0.2) is 43.0 Å². The highest BCUT2D eigenvalue weighted by molar-refractivity contribution is 6.05. The third-order valence-corrected chi connectivity index (χ3v) is 3.84. The van der Waals surface area contributed by atoms with Crippen molar-refractivity contribution in [3.63, 3.8) is 0 Å². The van der Waals surface area contributed by atoms with Gasteiger partial charge in [0.05, 0.1) is 13.2 Å². The third kappa shape index (κ3) is 3.57. The number of halogens is 1. The molecule has 1 aliphatic rings. The van der Waals surface area contributed by atoms with Crippen LogP contribution >= 0.6 is 12.4 Å². The summed E-state index contributed by atoms with van der Waals surface area (Å²) in [4.78, 5) is 14.4. The zero-order valence-corrected chi connectivity index (χ0v) is 13.6. The second-order valence-corrected chi connectivity index (χ2v) is 5.51. The van der Waals surface area contributed by atoms with Gasteiger partial charge in [0.1, 0.15) is 0 Å². The molecule has 0 amide bonds. The van der Waals surface area contributed by atoms with Crippen LogP contribution in [0.4, 0.5) is 0 Å². The number of hydrogen-bond donors (Lipinski definition) is 1. The zero-order chi connectivity index (χ0) is 14.9. The van der Waals surface area contributed by atoms with Crippen LogP contribution in [0, 0.1) is 5.92 Å². The van der Waals surface area contributed by atoms with E-state index in [2.05, 4.69) is 6.92 Å². The summed E-state index contributed by atoms with van der Waals surface area (Å²) in [5, 5.41) is 9.60. The number of methoxy groups -OCH3 is 1. The van der Waals surface area contributed by atoms with E-state index in [9.17, 15) is 9.90 Å². The number of phenols is 1. The van der Waals surface area contributed by atoms with E-state index in [-0.39, 0.29) is 35.9 Å². The Kier molecular flexibility index (Phi) is 5.81. The minimum atomic E-state index is -0.0322. The van der Waals surface area contributed by atoms with E-state index >= 15 is 0 Å². The summed E-state index contributed by atoms with van der Waals surface area (Å²) >= 11 is 0. The van der Waals surface area contributed by atoms with E-state index in [1.165, 1.54) is 7.11 Å². The fourth-order valence-corrected chi connectivity index (χ4v) is 2.63. The van der Waals surface area contributed by atoms with Crippen LogP contribution in [0.3, 0.4) is 0 Å². The predicted octanol–water partition coefficient (Wildman–Crippen LogP) is 2.75. The molecule has 2 rings (SSSR count). The van der Waals surface area contributed by atoms with Crippen LogP contribution in [-0.2, 0) is 4.79 Å². The molecule has 4 nitrogen and oxygen atoms in total. The van der Waals surface area contributed by atoms with Gasteiger partial charge in [-0.2, -0.15) is 0 Å². The second kappa shape index (κ2) is 6.96. The fourth-order valence-electron chi connectivity index (χ4n) is 2.63. The molecule has 21 heavy (non-hydrogen) atoms. The second-order valence-electron chi connectivity index (χ2n) is 5.51. The number of carbonyl (C=O) groups is 1. The lowest BCUT2D eigenvalue weighted by molar-refractivity contribution is -0.118. The van der Waals surface area contributed by atoms with Gasteiger partial charge in [0.15, 0.2) is 17.3 Å². The summed E-state index contributed by atoms with van der Waals surface area (Å²) in [6.07, 6.45) is 2.76. The Labute approximate surface area is 131 Å². The molecule has 1 saturated carbocycles. The van der Waals surface area contributed by atoms with Gasteiger partial charge in [-0.3, -0.25) is 9.69 Å². The first-order valence-corrected chi connectivity index (χ1v) is 6.73. The van der Waals surface area contributed by atoms with Gasteiger partial charge in [-0.1, -0.05) is 13.0 Å². The molecule has 1 aromatic carbocycles. The first-order chi connectivity index (χ1) is 9.43. The Morgan fingerprint density at radius 2 is 2.05 bits per heavy atom. The van der Waals surface area contributed by atoms with E-state index in [1.807, 2.05) is 25.1 Å². The van der Waals surface area contributed by atoms with Crippen LogP contribution in [0.25, 0.3) is 6.08 Å². The quantitative estimate of drug-likeness (QED) is 0.872. The SMILES string of the molecule is COc1cc(C=C2C(=O)C(N(C)C)CC2C)ccc1O.Cl. The maximum absolute atomic E-state index is 12.4. The molecular formula is C16H22ClNO3. The monoisotopic (exact) mass is 311 g/mol. The number of carbonyl (C=O) groups excluding carboxylic acids is 1. The van der Waals surface area contributed by atoms with Gasteiger partial charge in [-0.15, -0.1) is 12.4 Å². The van der Waals surface area contributed by atoms with Gasteiger partial charge in [0.25, 0.3) is 0 Å². The maximum Gasteiger partial charge on any atom is 0.176 e. The Hall–Kier alpha value is -1.52. The van der Waals surface area contributed by atoms with E-state index < -0.39 is 0 Å². The highest BCUT2D eigenvalue weighted by Gasteiger charge is 2.35. The molecule has 2 atom stereocenters. The van der Waals surface area contributed by atoms with Gasteiger partial charge in [-0.25, -0.2) is 0 Å². The molecule has 0 aliphatic heterocycles. The normalized spacial score (nSPS) is 23.5. The van der Waals surface area contributed by atoms with Crippen molar-refractivity contribution < 1.29 is 14.6 Å². The summed E-state index contributed by atoms with van der Waals surface area (Å²) in [6.45, 7) is 2.07. The number of ketones is 1. The molecule has 0 saturated heterocycles. The number of phenolic OH excluding ortho intramolecular Hbond substituents is 1. The van der Waals surface area contributed by atoms with Crippen molar-refractivity contribution in [2.24, 2.45) is 5.92 Å². The fraction of sp³-hybridized carbons (Fsp3) is 0.438. The Morgan fingerprint density at radius 1 is 1.38 bits per heavy atom. The molecule has 0 radical (unpaired) electrons. The van der Waals surface area contributed by atoms with Crippen molar-refractivity contribution in [2.75, 3.05) is 21.2 Å². The lowest BCUT2D eigenvalue weighted by Gasteiger charge is -2.16. The van der Waals surface area contributed by atoms with E-state index in [1.54, 1.807) is 18.2 Å². The zero-order valence-electron chi connectivity index (χ0n) is 12.8. The third-order valence-electron chi connectivity index (χ3n) is 3.84. The van der Waals surface area contributed by atoms with Crippen LogP contribution < -0.4 is 4.74 Å². The summed E-state index contributed by atoms with van der Waals surface area (Å²) in [6, 6.07) is 5.08. The van der Waals surface area contributed by atoms with Gasteiger partial charge in [0, 0.05) is 5.57 Å². The molecule has 0 bridgehead atoms. The number of nitrogens with zero attached hydrogens (tertiary/aromatic N) is 1. The van der Waals surface area contributed by atoms with E-state index in [4.69, 9.17) is 4.74 Å². The van der Waals surface area contributed by atoms with Crippen LogP contribution in [0.1, 0.15) is 18.9 Å². The topological polar surface area (TPSA) is 49.8 Å². The lowest BCUT2D eigenvalue weighted by atomic mass is 10.0. The molecule has 1 fully saturated rings. The van der Waals surface area contributed by atoms with Crippen molar-refractivity contribution in [3.8, 4) is 11.5 Å². The number of benzene rings is 1. The van der Waals surface area contributed by atoms with Gasteiger partial charge in [-0.05, 0) is 50.2 Å². The van der Waals surface area contributed by atoms with Crippen LogP contribution in [0.5, 0.6) is 11.5 Å². The van der Waals surface area contributed by atoms with Gasteiger partial charge in [0.2, 0.25) is 0 Å². The minimum absolute atomic E-state index is 0. The Bertz CT molecular complexity index is 554. The molecule has 0 heterocycles. The summed E-state index contributed by atoms with van der Waals surface area (Å²) in [5.74, 6) is 0.956. The van der Waals surface area contributed by atoms with Crippen molar-refractivity contribution in [2.45, 2.75) is 19.4 Å². The molecule has 1 aromatic rings. The summed E-state index contributed by atoms with van der Waals surface area (Å²) in [5.41, 5.74) is 1.71. The molecule has 0 spiro atoms. The minimum Gasteiger partial charge on any atom is -0.504 e. The van der Waals surface area contributed by atoms with Gasteiger partial charge < -0.3 is 9.84 Å². The standard InChI is InChI=1S/C16H21NO3.ClH/c1-10-7-13(17(2)3)16(19)12(10)8-11-5-6-14(18)15(9-11)20-4;/h5-6,8-10,13,18H,7H2,1-4H3;1H. The van der Waals surface area contributed by atoms with Crippen LogP contribution in [0.15, 0.2) is 23.8 Å². The number of aromatic hydroxyl groups is 1. The van der Waals surface area contributed by atoms with Crippen molar-refractivity contribution >= 4 is 24.3 Å². The molecule has 1 N–H and O–H groups in total. The van der Waals surface area contributed by atoms with Crippen molar-refractivity contribution in [3.05, 3.63) is 29.3 Å². The molecule has 0 aromatic heterocycles. The summed E-state index contributed by atoms with van der Waals surface area (Å²) in [7, 11) is 5.38. The Morgan fingerprint density at radius 3 is 2.57 bits per heavy atom. The number of Topliss-reactive ketones (excluding diaryl/α,β-unsaturated/α-hetero) is 1. The summed E-state index contributed by atoms with van der Waals surface area (Å²) < 4.78 is 5.09. The number of hydrogen-bond acceptors (Lipinski definition) is 4. The molecule has 2 unspecified atom stereocenters. The largest absolute Gasteiger partial charge is 0.504 e. The van der Waals surface area contributed by atoms with Crippen molar-refractivity contribution in [1.82, 2.24) is 4.90 Å². The first kappa shape index (κ1) is 17.5. The average molecular weight is 312 g/mol. The first-order valence-electron chi connectivity index (χ1n) is 6.73. The molecule has 116 valence electrons. The number of rotatable bonds is 3. The average Bonchev–Trinajstić information content (AvgIpc) is 2.69. The highest BCUT2D eigenvalue weighted by Crippen LogP contribution is 2.33. The maximum atomic E-state index is 12.4. The smallest absolute Gasteiger partial charge is 0.176 e. The highest BCUT2D eigenvalue weighted by atomic mass is 35.5. The molecular weight excluding hydrogens is 290 g/mol. The van der Waals surface area contributed by atoms with E-state index in [0.29, 0.717) is 5.75 Å². The Balaban J connectivity index is 0.00000220. The van der Waals surface area contributed by atoms with Gasteiger partial charge >= 0.3 is 0 Å². The lowest BCUT2D eigenvalue weighted by Crippen LogP contribution is -2.31. The number of ether oxygens (including phenoxy) is 1. The molecule has 1 aliphatic carbocycles. The predicted molar refractivity (Wildman–Crippen MR) is 86.1 cm³/mol. The molecule has 5 heteroatoms.